The summed E-state index contributed by atoms with van der Waals surface area (Å²) in [6.45, 7) is 2.75. The Morgan fingerprint density at radius 1 is 1.13 bits per heavy atom. The molecule has 23 heavy (non-hydrogen) atoms. The van der Waals surface area contributed by atoms with Gasteiger partial charge in [-0.1, -0.05) is 55.0 Å². The molecule has 0 amide bonds. The van der Waals surface area contributed by atoms with Crippen molar-refractivity contribution in [3.63, 3.8) is 0 Å². The number of halogens is 2. The molecule has 0 bridgehead atoms. The first-order valence-electron chi connectivity index (χ1n) is 8.08. The molecule has 3 aliphatic carbocycles. The molecule has 4 heteroatoms. The van der Waals surface area contributed by atoms with Crippen LogP contribution in [0.2, 0.25) is 0 Å². The van der Waals surface area contributed by atoms with Gasteiger partial charge in [0.05, 0.1) is 0 Å². The smallest absolute Gasteiger partial charge is 1.00 e. The summed E-state index contributed by atoms with van der Waals surface area (Å²) in [5.41, 5.74) is 1.94. The third-order valence-electron chi connectivity index (χ3n) is 5.70. The number of hydrogen-bond donors (Lipinski definition) is 1. The first-order valence-corrected chi connectivity index (χ1v) is 8.08. The summed E-state index contributed by atoms with van der Waals surface area (Å²) in [6.07, 6.45) is 21.9. The van der Waals surface area contributed by atoms with E-state index in [4.69, 9.17) is 0 Å². The van der Waals surface area contributed by atoms with Crippen molar-refractivity contribution in [3.8, 4) is 0 Å². The third-order valence-corrected chi connectivity index (χ3v) is 5.70. The van der Waals surface area contributed by atoms with Crippen LogP contribution in [0.5, 0.6) is 0 Å². The molecule has 126 valence electrons. The van der Waals surface area contributed by atoms with Crippen LogP contribution in [0.3, 0.4) is 0 Å². The molecule has 0 saturated heterocycles. The molecule has 1 fully saturated rings. The van der Waals surface area contributed by atoms with Crippen LogP contribution in [0.25, 0.3) is 0 Å². The van der Waals surface area contributed by atoms with Crippen LogP contribution in [-0.4, -0.2) is 11.7 Å². The Kier molecular flexibility index (Phi) is 10.6. The van der Waals surface area contributed by atoms with E-state index >= 15 is 0 Å². The van der Waals surface area contributed by atoms with E-state index < -0.39 is 0 Å². The molecule has 3 rings (SSSR count). The van der Waals surface area contributed by atoms with Crippen molar-refractivity contribution in [1.29, 1.82) is 0 Å². The molecule has 3 unspecified atom stereocenters. The molecule has 0 aromatic carbocycles. The van der Waals surface area contributed by atoms with Gasteiger partial charge in [-0.05, 0) is 49.4 Å². The average molecular weight is 433 g/mol. The fraction of sp³-hybridized carbons (Fsp3) is 0.579. The molecular weight excluding hydrogens is 406 g/mol. The topological polar surface area (TPSA) is 20.2 Å². The summed E-state index contributed by atoms with van der Waals surface area (Å²) in [4.78, 5) is 0. The fourth-order valence-corrected chi connectivity index (χ4v) is 4.53. The molecule has 1 N–H and O–H groups in total. The number of fused-ring (bicyclic) bond motifs is 1. The number of hydrogen-bond acceptors (Lipinski definition) is 1. The summed E-state index contributed by atoms with van der Waals surface area (Å²) >= 11 is 0. The van der Waals surface area contributed by atoms with Gasteiger partial charge in [0.15, 0.2) is 0 Å². The van der Waals surface area contributed by atoms with Crippen LogP contribution in [0.15, 0.2) is 48.1 Å². The van der Waals surface area contributed by atoms with E-state index in [9.17, 15) is 5.11 Å². The third kappa shape index (κ3) is 4.72. The molecule has 0 radical (unpaired) electrons. The zero-order valence-corrected chi connectivity index (χ0v) is 17.7. The Labute approximate surface area is 172 Å². The zero-order valence-electron chi connectivity index (χ0n) is 13.7. The van der Waals surface area contributed by atoms with Gasteiger partial charge in [-0.25, -0.2) is 0 Å². The van der Waals surface area contributed by atoms with E-state index in [2.05, 4.69) is 49.5 Å². The maximum Gasteiger partial charge on any atom is 2.00 e. The first-order chi connectivity index (χ1) is 9.75. The summed E-state index contributed by atoms with van der Waals surface area (Å²) in [5.74, 6) is 2.00. The van der Waals surface area contributed by atoms with E-state index in [0.29, 0.717) is 18.4 Å². The van der Waals surface area contributed by atoms with Gasteiger partial charge in [-0.15, -0.1) is 0 Å². The van der Waals surface area contributed by atoms with E-state index in [-0.39, 0.29) is 56.4 Å². The van der Waals surface area contributed by atoms with Crippen molar-refractivity contribution >= 4 is 0 Å². The first kappa shape index (κ1) is 23.4. The molecule has 3 atom stereocenters. The molecule has 3 aliphatic rings. The Hall–Kier alpha value is 0.383. The van der Waals surface area contributed by atoms with Crippen LogP contribution in [0, 0.1) is 23.2 Å². The second-order valence-corrected chi connectivity index (χ2v) is 6.79. The Balaban J connectivity index is 0.00000161. The molecule has 0 aromatic heterocycles. The van der Waals surface area contributed by atoms with Crippen LogP contribution >= 0.6 is 0 Å². The van der Waals surface area contributed by atoms with Crippen molar-refractivity contribution in [1.82, 2.24) is 0 Å². The number of aliphatic hydroxyl groups is 1. The van der Waals surface area contributed by atoms with Gasteiger partial charge in [0, 0.05) is 12.5 Å². The van der Waals surface area contributed by atoms with Gasteiger partial charge < -0.3 is 29.9 Å². The molecule has 0 aromatic rings. The van der Waals surface area contributed by atoms with E-state index in [1.165, 1.54) is 19.3 Å². The minimum atomic E-state index is 0. The Morgan fingerprint density at radius 3 is 2.48 bits per heavy atom. The van der Waals surface area contributed by atoms with E-state index in [1.54, 1.807) is 5.57 Å². The van der Waals surface area contributed by atoms with Gasteiger partial charge >= 0.3 is 26.2 Å². The largest absolute Gasteiger partial charge is 2.00 e. The Bertz CT molecular complexity index is 472. The van der Waals surface area contributed by atoms with Crippen molar-refractivity contribution in [2.75, 3.05) is 6.61 Å². The van der Waals surface area contributed by atoms with Gasteiger partial charge in [-0.2, -0.15) is 0 Å². The van der Waals surface area contributed by atoms with Gasteiger partial charge in [0.25, 0.3) is 0 Å². The van der Waals surface area contributed by atoms with Crippen LogP contribution in [0.4, 0.5) is 0 Å². The van der Waals surface area contributed by atoms with E-state index in [0.717, 1.165) is 18.8 Å². The predicted octanol–water partition coefficient (Wildman–Crippen LogP) is -1.57. The maximum atomic E-state index is 9.29. The quantitative estimate of drug-likeness (QED) is 0.557. The number of aliphatic hydroxyl groups excluding tert-OH is 1. The molecule has 0 spiro atoms. The van der Waals surface area contributed by atoms with Crippen molar-refractivity contribution in [2.24, 2.45) is 23.2 Å². The normalized spacial score (nSPS) is 27.3. The summed E-state index contributed by atoms with van der Waals surface area (Å²) in [6, 6.07) is 0. The van der Waals surface area contributed by atoms with Gasteiger partial charge in [0.2, 0.25) is 0 Å². The molecule has 0 aliphatic heterocycles. The summed E-state index contributed by atoms with van der Waals surface area (Å²) in [5, 5.41) is 9.29. The predicted molar refractivity (Wildman–Crippen MR) is 84.3 cm³/mol. The molecule has 1 nitrogen and oxygen atoms in total. The second-order valence-electron chi connectivity index (χ2n) is 6.79. The number of rotatable bonds is 5. The SMILES string of the molecule is CC(CCCO)(C1C=CC=C1)C1CCC2CC=CC=C21.[Cl-].[Cl-].[Zr+2]. The molecule has 0 heterocycles. The monoisotopic (exact) mass is 430 g/mol. The zero-order chi connectivity index (χ0) is 14.0. The second kappa shape index (κ2) is 10.4. The molecular formula is C19H26Cl2OZr. The molecule has 1 saturated carbocycles. The van der Waals surface area contributed by atoms with Crippen LogP contribution in [-0.2, 0) is 26.2 Å². The number of allylic oxidation sites excluding steroid dienone is 8. The summed E-state index contributed by atoms with van der Waals surface area (Å²) in [7, 11) is 0. The average Bonchev–Trinajstić information content (AvgIpc) is 3.14. The van der Waals surface area contributed by atoms with Crippen LogP contribution < -0.4 is 24.8 Å². The van der Waals surface area contributed by atoms with Gasteiger partial charge in [-0.3, -0.25) is 0 Å². The summed E-state index contributed by atoms with van der Waals surface area (Å²) < 4.78 is 0. The van der Waals surface area contributed by atoms with E-state index in [1.807, 2.05) is 0 Å². The Morgan fingerprint density at radius 2 is 1.83 bits per heavy atom. The van der Waals surface area contributed by atoms with Gasteiger partial charge in [0.1, 0.15) is 0 Å². The fourth-order valence-electron chi connectivity index (χ4n) is 4.53. The standard InChI is InChI=1S/C19H26O.2ClH.Zr/c1-19(13-6-14-20,16-8-3-4-9-16)18-12-11-15-7-2-5-10-17(15)18;;;/h2-5,8-10,15-16,18,20H,6-7,11-14H2,1H3;2*1H;/q;;;+2/p-2. The van der Waals surface area contributed by atoms with Crippen molar-refractivity contribution in [3.05, 3.63) is 48.1 Å². The minimum absolute atomic E-state index is 0. The van der Waals surface area contributed by atoms with Crippen molar-refractivity contribution in [2.45, 2.75) is 39.0 Å². The van der Waals surface area contributed by atoms with Crippen LogP contribution in [0.1, 0.15) is 39.0 Å². The van der Waals surface area contributed by atoms with Crippen molar-refractivity contribution < 1.29 is 56.1 Å². The maximum absolute atomic E-state index is 9.29. The minimum Gasteiger partial charge on any atom is -1.00 e.